The van der Waals surface area contributed by atoms with Crippen molar-refractivity contribution in [2.24, 2.45) is 0 Å². The molecule has 6 nitrogen and oxygen atoms in total. The van der Waals surface area contributed by atoms with Crippen LogP contribution in [0.2, 0.25) is 0 Å². The molecular weight excluding hydrogens is 356 g/mol. The zero-order chi connectivity index (χ0) is 18.1. The molecule has 1 aromatic heterocycles. The molecule has 0 radical (unpaired) electrons. The maximum Gasteiger partial charge on any atom is 0.232 e. The first-order valence-corrected chi connectivity index (χ1v) is 9.99. The van der Waals surface area contributed by atoms with Crippen molar-refractivity contribution >= 4 is 34.1 Å². The molecule has 1 heterocycles. The van der Waals surface area contributed by atoms with E-state index in [0.29, 0.717) is 12.3 Å². The van der Waals surface area contributed by atoms with Crippen molar-refractivity contribution in [2.75, 3.05) is 31.8 Å². The summed E-state index contributed by atoms with van der Waals surface area (Å²) in [5, 5.41) is 12.3. The molecule has 0 saturated carbocycles. The number of hydrogen-bond acceptors (Lipinski definition) is 7. The molecule has 0 unspecified atom stereocenters. The number of carbonyl (C=O) groups is 1. The highest BCUT2D eigenvalue weighted by atomic mass is 32.2. The SMILES string of the molecule is CCCCN(C)C(=O)CSc1nnc(NCc2ccc(OC)cc2)s1. The van der Waals surface area contributed by atoms with Crippen molar-refractivity contribution in [3.63, 3.8) is 0 Å². The molecule has 2 rings (SSSR count). The Hall–Kier alpha value is -1.80. The minimum Gasteiger partial charge on any atom is -0.497 e. The molecular formula is C17H24N4O2S2. The van der Waals surface area contributed by atoms with Gasteiger partial charge in [-0.05, 0) is 24.1 Å². The van der Waals surface area contributed by atoms with Crippen LogP contribution in [0.4, 0.5) is 5.13 Å². The second kappa shape index (κ2) is 10.2. The van der Waals surface area contributed by atoms with Crippen LogP contribution in [0.25, 0.3) is 0 Å². The Kier molecular flexibility index (Phi) is 8.00. The lowest BCUT2D eigenvalue weighted by atomic mass is 10.2. The number of rotatable bonds is 10. The topological polar surface area (TPSA) is 67.4 Å². The van der Waals surface area contributed by atoms with Gasteiger partial charge in [-0.3, -0.25) is 4.79 Å². The van der Waals surface area contributed by atoms with Crippen LogP contribution in [-0.4, -0.2) is 47.5 Å². The number of ether oxygens (including phenoxy) is 1. The van der Waals surface area contributed by atoms with E-state index < -0.39 is 0 Å². The first-order valence-electron chi connectivity index (χ1n) is 8.19. The van der Waals surface area contributed by atoms with E-state index in [2.05, 4.69) is 22.4 Å². The summed E-state index contributed by atoms with van der Waals surface area (Å²) in [6, 6.07) is 7.87. The number of methoxy groups -OCH3 is 1. The minimum atomic E-state index is 0.126. The van der Waals surface area contributed by atoms with Crippen LogP contribution < -0.4 is 10.1 Å². The van der Waals surface area contributed by atoms with Gasteiger partial charge in [-0.2, -0.15) is 0 Å². The van der Waals surface area contributed by atoms with E-state index >= 15 is 0 Å². The van der Waals surface area contributed by atoms with Crippen LogP contribution in [0.3, 0.4) is 0 Å². The molecule has 0 atom stereocenters. The fraction of sp³-hybridized carbons (Fsp3) is 0.471. The summed E-state index contributed by atoms with van der Waals surface area (Å²) in [5.41, 5.74) is 1.14. The van der Waals surface area contributed by atoms with E-state index in [0.717, 1.165) is 40.2 Å². The third kappa shape index (κ3) is 6.55. The number of thioether (sulfide) groups is 1. The molecule has 1 N–H and O–H groups in total. The highest BCUT2D eigenvalue weighted by Gasteiger charge is 2.11. The van der Waals surface area contributed by atoms with E-state index in [4.69, 9.17) is 4.74 Å². The standard InChI is InChI=1S/C17H24N4O2S2/c1-4-5-10-21(2)15(22)12-24-17-20-19-16(25-17)18-11-13-6-8-14(23-3)9-7-13/h6-9H,4-5,10-12H2,1-3H3,(H,18,19). The van der Waals surface area contributed by atoms with Gasteiger partial charge >= 0.3 is 0 Å². The van der Waals surface area contributed by atoms with Gasteiger partial charge in [0.15, 0.2) is 4.34 Å². The maximum atomic E-state index is 12.0. The van der Waals surface area contributed by atoms with E-state index in [9.17, 15) is 4.79 Å². The van der Waals surface area contributed by atoms with Gasteiger partial charge < -0.3 is 15.0 Å². The summed E-state index contributed by atoms with van der Waals surface area (Å²) in [6.07, 6.45) is 2.12. The van der Waals surface area contributed by atoms with Crippen LogP contribution >= 0.6 is 23.1 Å². The molecule has 0 fully saturated rings. The predicted molar refractivity (Wildman–Crippen MR) is 103 cm³/mol. The predicted octanol–water partition coefficient (Wildman–Crippen LogP) is 3.51. The highest BCUT2D eigenvalue weighted by Crippen LogP contribution is 2.26. The summed E-state index contributed by atoms with van der Waals surface area (Å²) in [7, 11) is 3.50. The summed E-state index contributed by atoms with van der Waals surface area (Å²) < 4.78 is 5.95. The van der Waals surface area contributed by atoms with Gasteiger partial charge in [-0.15, -0.1) is 10.2 Å². The van der Waals surface area contributed by atoms with Crippen LogP contribution in [0.1, 0.15) is 25.3 Å². The van der Waals surface area contributed by atoms with Gasteiger partial charge in [-0.25, -0.2) is 0 Å². The minimum absolute atomic E-state index is 0.126. The number of amides is 1. The molecule has 25 heavy (non-hydrogen) atoms. The fourth-order valence-electron chi connectivity index (χ4n) is 2.01. The molecule has 8 heteroatoms. The van der Waals surface area contributed by atoms with Crippen molar-refractivity contribution in [3.05, 3.63) is 29.8 Å². The summed E-state index contributed by atoms with van der Waals surface area (Å²) >= 11 is 2.90. The zero-order valence-corrected chi connectivity index (χ0v) is 16.5. The Balaban J connectivity index is 1.76. The second-order valence-corrected chi connectivity index (χ2v) is 7.73. The molecule has 136 valence electrons. The van der Waals surface area contributed by atoms with Gasteiger partial charge in [0.25, 0.3) is 0 Å². The van der Waals surface area contributed by atoms with Crippen LogP contribution in [-0.2, 0) is 11.3 Å². The van der Waals surface area contributed by atoms with Crippen LogP contribution in [0, 0.1) is 0 Å². The zero-order valence-electron chi connectivity index (χ0n) is 14.8. The number of anilines is 1. The average Bonchev–Trinajstić information content (AvgIpc) is 3.10. The largest absolute Gasteiger partial charge is 0.497 e. The maximum absolute atomic E-state index is 12.0. The molecule has 2 aromatic rings. The van der Waals surface area contributed by atoms with Crippen molar-refractivity contribution in [1.29, 1.82) is 0 Å². The molecule has 0 spiro atoms. The number of benzene rings is 1. The van der Waals surface area contributed by atoms with Gasteiger partial charge in [0.1, 0.15) is 5.75 Å². The number of nitrogens with zero attached hydrogens (tertiary/aromatic N) is 3. The number of nitrogens with one attached hydrogen (secondary N) is 1. The van der Waals surface area contributed by atoms with Gasteiger partial charge in [0.05, 0.1) is 12.9 Å². The number of unbranched alkanes of at least 4 members (excludes halogenated alkanes) is 1. The molecule has 0 aliphatic heterocycles. The Morgan fingerprint density at radius 2 is 2.08 bits per heavy atom. The average molecular weight is 381 g/mol. The normalized spacial score (nSPS) is 10.5. The van der Waals surface area contributed by atoms with E-state index in [-0.39, 0.29) is 5.91 Å². The lowest BCUT2D eigenvalue weighted by Gasteiger charge is -2.15. The van der Waals surface area contributed by atoms with Crippen molar-refractivity contribution < 1.29 is 9.53 Å². The molecule has 0 aliphatic rings. The van der Waals surface area contributed by atoms with E-state index in [1.165, 1.54) is 23.1 Å². The van der Waals surface area contributed by atoms with Crippen LogP contribution in [0.15, 0.2) is 28.6 Å². The third-order valence-electron chi connectivity index (χ3n) is 3.60. The van der Waals surface area contributed by atoms with E-state index in [1.54, 1.807) is 12.0 Å². The summed E-state index contributed by atoms with van der Waals surface area (Å²) in [4.78, 5) is 13.8. The Morgan fingerprint density at radius 1 is 1.32 bits per heavy atom. The van der Waals surface area contributed by atoms with Crippen molar-refractivity contribution in [1.82, 2.24) is 15.1 Å². The van der Waals surface area contributed by atoms with Gasteiger partial charge in [0.2, 0.25) is 11.0 Å². The van der Waals surface area contributed by atoms with E-state index in [1.807, 2.05) is 31.3 Å². The first-order chi connectivity index (χ1) is 12.1. The van der Waals surface area contributed by atoms with Gasteiger partial charge in [-0.1, -0.05) is 48.6 Å². The Labute approximate surface area is 157 Å². The lowest BCUT2D eigenvalue weighted by molar-refractivity contribution is -0.127. The molecule has 0 bridgehead atoms. The number of hydrogen-bond donors (Lipinski definition) is 1. The monoisotopic (exact) mass is 380 g/mol. The number of carbonyl (C=O) groups excluding carboxylic acids is 1. The molecule has 0 aliphatic carbocycles. The first kappa shape index (κ1) is 19.5. The van der Waals surface area contributed by atoms with Gasteiger partial charge in [0, 0.05) is 20.1 Å². The fourth-order valence-corrected chi connectivity index (χ4v) is 3.70. The Morgan fingerprint density at radius 3 is 2.76 bits per heavy atom. The number of aromatic nitrogens is 2. The second-order valence-electron chi connectivity index (χ2n) is 5.53. The van der Waals surface area contributed by atoms with Crippen LogP contribution in [0.5, 0.6) is 5.75 Å². The smallest absolute Gasteiger partial charge is 0.232 e. The summed E-state index contributed by atoms with van der Waals surface area (Å²) in [6.45, 7) is 3.59. The molecule has 1 amide bonds. The van der Waals surface area contributed by atoms with Crippen molar-refractivity contribution in [2.45, 2.75) is 30.6 Å². The highest BCUT2D eigenvalue weighted by molar-refractivity contribution is 8.01. The third-order valence-corrected chi connectivity index (χ3v) is 5.60. The molecule has 1 aromatic carbocycles. The Bertz CT molecular complexity index is 661. The van der Waals surface area contributed by atoms with Crippen molar-refractivity contribution in [3.8, 4) is 5.75 Å². The lowest BCUT2D eigenvalue weighted by Crippen LogP contribution is -2.29. The molecule has 0 saturated heterocycles. The summed E-state index contributed by atoms with van der Waals surface area (Å²) in [5.74, 6) is 1.36. The quantitative estimate of drug-likeness (QED) is 0.636.